The molecule has 0 radical (unpaired) electrons. The molecule has 0 aliphatic heterocycles. The van der Waals surface area contributed by atoms with Crippen LogP contribution in [0.1, 0.15) is 0 Å². The first-order valence-corrected chi connectivity index (χ1v) is 9.06. The van der Waals surface area contributed by atoms with Crippen LogP contribution in [0.5, 0.6) is 0 Å². The van der Waals surface area contributed by atoms with Gasteiger partial charge in [-0.2, -0.15) is 0 Å². The first kappa shape index (κ1) is 15.7. The van der Waals surface area contributed by atoms with Gasteiger partial charge in [0.1, 0.15) is 0 Å². The summed E-state index contributed by atoms with van der Waals surface area (Å²) in [5.74, 6) is 0. The molecule has 0 atom stereocenters. The van der Waals surface area contributed by atoms with E-state index in [-0.39, 0.29) is 0 Å². The zero-order chi connectivity index (χ0) is 17.2. The van der Waals surface area contributed by atoms with Crippen LogP contribution >= 0.6 is 11.3 Å². The van der Waals surface area contributed by atoms with E-state index in [9.17, 15) is 0 Å². The van der Waals surface area contributed by atoms with Gasteiger partial charge in [0.05, 0.1) is 5.69 Å². The third-order valence-corrected chi connectivity index (χ3v) is 4.94. The van der Waals surface area contributed by atoms with E-state index in [1.807, 2.05) is 14.1 Å². The van der Waals surface area contributed by atoms with Crippen LogP contribution in [0, 0.1) is 0 Å². The van der Waals surface area contributed by atoms with Gasteiger partial charge >= 0.3 is 0 Å². The molecule has 4 heteroatoms. The summed E-state index contributed by atoms with van der Waals surface area (Å²) >= 11 is 1.62. The van der Waals surface area contributed by atoms with Gasteiger partial charge in [0.15, 0.2) is 5.13 Å². The van der Waals surface area contributed by atoms with Crippen LogP contribution in [0.25, 0.3) is 22.0 Å². The Labute approximate surface area is 151 Å². The molecular formula is C21H19N3S. The Morgan fingerprint density at radius 3 is 2.40 bits per heavy atom. The van der Waals surface area contributed by atoms with Crippen molar-refractivity contribution in [2.75, 3.05) is 24.3 Å². The van der Waals surface area contributed by atoms with Crippen molar-refractivity contribution in [1.82, 2.24) is 4.98 Å². The van der Waals surface area contributed by atoms with Gasteiger partial charge < -0.3 is 10.2 Å². The van der Waals surface area contributed by atoms with E-state index >= 15 is 0 Å². The third-order valence-electron chi connectivity index (χ3n) is 4.18. The molecule has 0 spiro atoms. The van der Waals surface area contributed by atoms with Crippen molar-refractivity contribution < 1.29 is 0 Å². The molecule has 3 aromatic carbocycles. The fourth-order valence-electron chi connectivity index (χ4n) is 2.78. The molecule has 0 aliphatic rings. The Kier molecular flexibility index (Phi) is 4.12. The van der Waals surface area contributed by atoms with E-state index in [1.54, 1.807) is 11.3 Å². The van der Waals surface area contributed by atoms with Crippen LogP contribution < -0.4 is 10.2 Å². The van der Waals surface area contributed by atoms with E-state index in [0.717, 1.165) is 22.1 Å². The molecule has 1 heterocycles. The Morgan fingerprint density at radius 1 is 0.880 bits per heavy atom. The van der Waals surface area contributed by atoms with Crippen LogP contribution in [0.15, 0.2) is 72.1 Å². The minimum absolute atomic E-state index is 0.905. The number of hydrogen-bond donors (Lipinski definition) is 1. The molecule has 4 rings (SSSR count). The molecule has 1 N–H and O–H groups in total. The van der Waals surface area contributed by atoms with Crippen molar-refractivity contribution in [2.24, 2.45) is 0 Å². The van der Waals surface area contributed by atoms with E-state index in [1.165, 1.54) is 16.5 Å². The Bertz CT molecular complexity index is 1000. The van der Waals surface area contributed by atoms with Gasteiger partial charge in [-0.1, -0.05) is 42.5 Å². The Hall–Kier alpha value is -2.85. The van der Waals surface area contributed by atoms with Gasteiger partial charge in [0, 0.05) is 36.4 Å². The predicted molar refractivity (Wildman–Crippen MR) is 109 cm³/mol. The van der Waals surface area contributed by atoms with E-state index < -0.39 is 0 Å². The molecule has 0 saturated heterocycles. The lowest BCUT2D eigenvalue weighted by atomic mass is 10.1. The quantitative estimate of drug-likeness (QED) is 0.509. The summed E-state index contributed by atoms with van der Waals surface area (Å²) in [6, 6.07) is 23.2. The first-order valence-electron chi connectivity index (χ1n) is 8.18. The number of nitrogens with zero attached hydrogens (tertiary/aromatic N) is 2. The lowest BCUT2D eigenvalue weighted by Gasteiger charge is -2.12. The van der Waals surface area contributed by atoms with Crippen LogP contribution in [0.3, 0.4) is 0 Å². The summed E-state index contributed by atoms with van der Waals surface area (Å²) in [6.07, 6.45) is 0. The second kappa shape index (κ2) is 6.57. The van der Waals surface area contributed by atoms with Gasteiger partial charge in [0.2, 0.25) is 0 Å². The lowest BCUT2D eigenvalue weighted by Crippen LogP contribution is -2.07. The maximum atomic E-state index is 4.72. The van der Waals surface area contributed by atoms with Crippen molar-refractivity contribution in [3.05, 3.63) is 72.1 Å². The molecule has 0 bridgehead atoms. The average Bonchev–Trinajstić information content (AvgIpc) is 3.10. The average molecular weight is 345 g/mol. The van der Waals surface area contributed by atoms with Crippen LogP contribution in [0.4, 0.5) is 16.5 Å². The van der Waals surface area contributed by atoms with Gasteiger partial charge in [-0.05, 0) is 35.0 Å². The second-order valence-corrected chi connectivity index (χ2v) is 7.02. The highest BCUT2D eigenvalue weighted by Crippen LogP contribution is 2.29. The molecule has 0 amide bonds. The summed E-state index contributed by atoms with van der Waals surface area (Å²) in [5.41, 5.74) is 4.38. The Balaban J connectivity index is 1.56. The summed E-state index contributed by atoms with van der Waals surface area (Å²) in [7, 11) is 4.09. The minimum Gasteiger partial charge on any atom is -0.378 e. The Morgan fingerprint density at radius 2 is 1.64 bits per heavy atom. The number of benzene rings is 3. The molecule has 4 aromatic rings. The largest absolute Gasteiger partial charge is 0.378 e. The van der Waals surface area contributed by atoms with Gasteiger partial charge in [-0.25, -0.2) is 4.98 Å². The van der Waals surface area contributed by atoms with E-state index in [2.05, 4.69) is 82.3 Å². The molecule has 124 valence electrons. The number of thiazole rings is 1. The summed E-state index contributed by atoms with van der Waals surface area (Å²) < 4.78 is 0. The minimum atomic E-state index is 0.905. The zero-order valence-corrected chi connectivity index (χ0v) is 15.0. The third kappa shape index (κ3) is 3.35. The maximum Gasteiger partial charge on any atom is 0.187 e. The van der Waals surface area contributed by atoms with E-state index in [4.69, 9.17) is 4.98 Å². The molecule has 0 unspecified atom stereocenters. The molecule has 0 saturated carbocycles. The predicted octanol–water partition coefficient (Wildman–Crippen LogP) is 5.77. The number of anilines is 3. The second-order valence-electron chi connectivity index (χ2n) is 6.17. The van der Waals surface area contributed by atoms with Crippen LogP contribution in [0.2, 0.25) is 0 Å². The molecule has 0 fully saturated rings. The highest BCUT2D eigenvalue weighted by atomic mass is 32.1. The smallest absolute Gasteiger partial charge is 0.187 e. The highest BCUT2D eigenvalue weighted by molar-refractivity contribution is 7.14. The molecule has 3 nitrogen and oxygen atoms in total. The first-order chi connectivity index (χ1) is 12.2. The van der Waals surface area contributed by atoms with Gasteiger partial charge in [-0.3, -0.25) is 0 Å². The molecule has 25 heavy (non-hydrogen) atoms. The van der Waals surface area contributed by atoms with Crippen LogP contribution in [-0.4, -0.2) is 19.1 Å². The van der Waals surface area contributed by atoms with Gasteiger partial charge in [0.25, 0.3) is 0 Å². The van der Waals surface area contributed by atoms with Crippen LogP contribution in [-0.2, 0) is 0 Å². The number of nitrogens with one attached hydrogen (secondary N) is 1. The number of aromatic nitrogens is 1. The topological polar surface area (TPSA) is 28.2 Å². The summed E-state index contributed by atoms with van der Waals surface area (Å²) in [5, 5.41) is 8.88. The fourth-order valence-corrected chi connectivity index (χ4v) is 3.52. The van der Waals surface area contributed by atoms with Crippen molar-refractivity contribution in [2.45, 2.75) is 0 Å². The monoisotopic (exact) mass is 345 g/mol. The lowest BCUT2D eigenvalue weighted by molar-refractivity contribution is 1.13. The molecule has 1 aromatic heterocycles. The summed E-state index contributed by atoms with van der Waals surface area (Å²) in [4.78, 5) is 6.82. The van der Waals surface area contributed by atoms with Crippen molar-refractivity contribution in [3.63, 3.8) is 0 Å². The van der Waals surface area contributed by atoms with E-state index in [0.29, 0.717) is 0 Å². The number of hydrogen-bond acceptors (Lipinski definition) is 4. The summed E-state index contributed by atoms with van der Waals surface area (Å²) in [6.45, 7) is 0. The SMILES string of the molecule is CN(C)c1ccc(-c2csc(Nc3ccc4ccccc4c3)n2)cc1. The van der Waals surface area contributed by atoms with Crippen molar-refractivity contribution in [3.8, 4) is 11.3 Å². The molecule has 0 aliphatic carbocycles. The number of fused-ring (bicyclic) bond motifs is 1. The van der Waals surface area contributed by atoms with Crippen molar-refractivity contribution in [1.29, 1.82) is 0 Å². The standard InChI is InChI=1S/C21H19N3S/c1-24(2)19-11-8-16(9-12-19)20-14-25-21(23-20)22-18-10-7-15-5-3-4-6-17(15)13-18/h3-14H,1-2H3,(H,22,23). The molecular weight excluding hydrogens is 326 g/mol. The highest BCUT2D eigenvalue weighted by Gasteiger charge is 2.06. The fraction of sp³-hybridized carbons (Fsp3) is 0.0952. The normalized spacial score (nSPS) is 10.8. The number of rotatable bonds is 4. The van der Waals surface area contributed by atoms with Gasteiger partial charge in [-0.15, -0.1) is 11.3 Å². The van der Waals surface area contributed by atoms with Crippen molar-refractivity contribution >= 4 is 38.6 Å². The zero-order valence-electron chi connectivity index (χ0n) is 14.2. The maximum absolute atomic E-state index is 4.72.